The Balaban J connectivity index is 1.49. The van der Waals surface area contributed by atoms with Crippen molar-refractivity contribution in [1.29, 1.82) is 0 Å². The van der Waals surface area contributed by atoms with Crippen molar-refractivity contribution in [3.05, 3.63) is 47.5 Å². The van der Waals surface area contributed by atoms with Crippen LogP contribution in [0.4, 0.5) is 5.13 Å². The van der Waals surface area contributed by atoms with Gasteiger partial charge >= 0.3 is 0 Å². The maximum Gasteiger partial charge on any atom is 0.242 e. The normalized spacial score (nSPS) is 17.6. The maximum atomic E-state index is 12.3. The van der Waals surface area contributed by atoms with Gasteiger partial charge in [0, 0.05) is 18.6 Å². The monoisotopic (exact) mass is 345 g/mol. The minimum atomic E-state index is -0.415. The van der Waals surface area contributed by atoms with E-state index in [1.807, 2.05) is 35.7 Å². The van der Waals surface area contributed by atoms with E-state index in [1.165, 1.54) is 11.3 Å². The molecule has 6 heteroatoms. The Morgan fingerprint density at radius 1 is 1.38 bits per heavy atom. The summed E-state index contributed by atoms with van der Waals surface area (Å²) < 4.78 is 0. The molecule has 0 saturated carbocycles. The molecule has 128 valence electrons. The van der Waals surface area contributed by atoms with E-state index < -0.39 is 6.10 Å². The molecule has 1 aromatic carbocycles. The largest absolute Gasteiger partial charge is 0.388 e. The smallest absolute Gasteiger partial charge is 0.242 e. The zero-order valence-corrected chi connectivity index (χ0v) is 14.7. The molecule has 24 heavy (non-hydrogen) atoms. The number of hydrogen-bond acceptors (Lipinski definition) is 5. The molecule has 1 saturated heterocycles. The molecular weight excluding hydrogens is 322 g/mol. The molecule has 0 aliphatic carbocycles. The first-order chi connectivity index (χ1) is 11.6. The number of carbonyl (C=O) groups is 1. The minimum Gasteiger partial charge on any atom is -0.388 e. The van der Waals surface area contributed by atoms with E-state index >= 15 is 0 Å². The summed E-state index contributed by atoms with van der Waals surface area (Å²) in [5.41, 5.74) is 0.982. The van der Waals surface area contributed by atoms with Gasteiger partial charge in [-0.25, -0.2) is 4.98 Å². The molecule has 1 aromatic heterocycles. The Kier molecular flexibility index (Phi) is 5.60. The van der Waals surface area contributed by atoms with E-state index in [1.54, 1.807) is 18.1 Å². The molecule has 1 amide bonds. The Morgan fingerprint density at radius 2 is 2.08 bits per heavy atom. The molecule has 2 heterocycles. The highest BCUT2D eigenvalue weighted by molar-refractivity contribution is 7.13. The van der Waals surface area contributed by atoms with Crippen LogP contribution in [0, 0.1) is 5.92 Å². The lowest BCUT2D eigenvalue weighted by molar-refractivity contribution is -0.119. The topological polar surface area (TPSA) is 56.7 Å². The number of hydrogen-bond donors (Lipinski definition) is 1. The fourth-order valence-electron chi connectivity index (χ4n) is 3.13. The van der Waals surface area contributed by atoms with Crippen LogP contribution in [0.15, 0.2) is 41.9 Å². The molecule has 1 aliphatic heterocycles. The van der Waals surface area contributed by atoms with Crippen molar-refractivity contribution < 1.29 is 9.90 Å². The quantitative estimate of drug-likeness (QED) is 0.905. The van der Waals surface area contributed by atoms with Gasteiger partial charge in [0.2, 0.25) is 5.91 Å². The average molecular weight is 345 g/mol. The van der Waals surface area contributed by atoms with Crippen molar-refractivity contribution in [2.45, 2.75) is 18.9 Å². The van der Waals surface area contributed by atoms with Crippen LogP contribution in [0.3, 0.4) is 0 Å². The molecule has 5 nitrogen and oxygen atoms in total. The number of rotatable bonds is 5. The highest BCUT2D eigenvalue weighted by atomic mass is 32.1. The third kappa shape index (κ3) is 4.01. The molecule has 1 fully saturated rings. The fraction of sp³-hybridized carbons (Fsp3) is 0.444. The van der Waals surface area contributed by atoms with Crippen molar-refractivity contribution in [2.24, 2.45) is 5.92 Å². The van der Waals surface area contributed by atoms with Crippen LogP contribution in [0.5, 0.6) is 0 Å². The molecule has 2 aromatic rings. The second-order valence-electron chi connectivity index (χ2n) is 6.24. The number of piperidine rings is 1. The summed E-state index contributed by atoms with van der Waals surface area (Å²) in [6, 6.07) is 9.83. The fourth-order valence-corrected chi connectivity index (χ4v) is 3.76. The first-order valence-electron chi connectivity index (χ1n) is 8.26. The van der Waals surface area contributed by atoms with Gasteiger partial charge in [-0.3, -0.25) is 14.6 Å². The summed E-state index contributed by atoms with van der Waals surface area (Å²) in [5, 5.41) is 13.1. The lowest BCUT2D eigenvalue weighted by atomic mass is 9.87. The summed E-state index contributed by atoms with van der Waals surface area (Å²) in [7, 11) is 1.77. The van der Waals surface area contributed by atoms with Crippen LogP contribution in [-0.4, -0.2) is 47.6 Å². The van der Waals surface area contributed by atoms with Crippen LogP contribution in [0.2, 0.25) is 0 Å². The van der Waals surface area contributed by atoms with E-state index in [4.69, 9.17) is 0 Å². The number of anilines is 1. The summed E-state index contributed by atoms with van der Waals surface area (Å²) in [5.74, 6) is 0.322. The Morgan fingerprint density at radius 3 is 2.71 bits per heavy atom. The third-order valence-electron chi connectivity index (χ3n) is 4.66. The number of thiazole rings is 1. The van der Waals surface area contributed by atoms with Crippen molar-refractivity contribution in [1.82, 2.24) is 9.88 Å². The number of aliphatic hydroxyl groups excluding tert-OH is 1. The van der Waals surface area contributed by atoms with Gasteiger partial charge in [0.15, 0.2) is 5.13 Å². The maximum absolute atomic E-state index is 12.3. The Bertz CT molecular complexity index is 640. The van der Waals surface area contributed by atoms with Gasteiger partial charge in [0.1, 0.15) is 0 Å². The lowest BCUT2D eigenvalue weighted by Crippen LogP contribution is -2.43. The van der Waals surface area contributed by atoms with Crippen LogP contribution in [0.1, 0.15) is 24.5 Å². The standard InChI is InChI=1S/C18H23N3O2S/c1-20(18-19-9-12-24-18)16(22)13-21-10-7-15(8-11-21)17(23)14-5-3-2-4-6-14/h2-6,9,12,15,17,23H,7-8,10-11,13H2,1H3. The van der Waals surface area contributed by atoms with Gasteiger partial charge in [-0.15, -0.1) is 11.3 Å². The van der Waals surface area contributed by atoms with E-state index in [2.05, 4.69) is 9.88 Å². The summed E-state index contributed by atoms with van der Waals surface area (Å²) in [6.45, 7) is 2.09. The molecule has 3 rings (SSSR count). The molecule has 0 radical (unpaired) electrons. The number of likely N-dealkylation sites (N-methyl/N-ethyl adjacent to an activating group) is 1. The zero-order chi connectivity index (χ0) is 16.9. The molecule has 0 spiro atoms. The van der Waals surface area contributed by atoms with Crippen molar-refractivity contribution in [3.8, 4) is 0 Å². The van der Waals surface area contributed by atoms with Gasteiger partial charge in [0.25, 0.3) is 0 Å². The van der Waals surface area contributed by atoms with Gasteiger partial charge in [-0.1, -0.05) is 30.3 Å². The lowest BCUT2D eigenvalue weighted by Gasteiger charge is -2.34. The van der Waals surface area contributed by atoms with Gasteiger partial charge in [0.05, 0.1) is 12.6 Å². The zero-order valence-electron chi connectivity index (χ0n) is 13.8. The predicted octanol–water partition coefficient (Wildman–Crippen LogP) is 2.55. The predicted molar refractivity (Wildman–Crippen MR) is 96.1 cm³/mol. The Labute approximate surface area is 146 Å². The van der Waals surface area contributed by atoms with Gasteiger partial charge < -0.3 is 5.11 Å². The summed E-state index contributed by atoms with van der Waals surface area (Å²) in [6.07, 6.45) is 3.11. The highest BCUT2D eigenvalue weighted by Gasteiger charge is 2.27. The first-order valence-corrected chi connectivity index (χ1v) is 9.14. The number of aliphatic hydroxyl groups is 1. The van der Waals surface area contributed by atoms with Crippen molar-refractivity contribution in [2.75, 3.05) is 31.6 Å². The van der Waals surface area contributed by atoms with Crippen molar-refractivity contribution >= 4 is 22.4 Å². The van der Waals surface area contributed by atoms with Gasteiger partial charge in [-0.2, -0.15) is 0 Å². The third-order valence-corrected chi connectivity index (χ3v) is 5.51. The second-order valence-corrected chi connectivity index (χ2v) is 7.11. The van der Waals surface area contributed by atoms with Crippen LogP contribution < -0.4 is 4.90 Å². The Hall–Kier alpha value is -1.76. The summed E-state index contributed by atoms with van der Waals surface area (Å²) in [4.78, 5) is 20.3. The van der Waals surface area contributed by atoms with E-state index in [0.717, 1.165) is 36.6 Å². The van der Waals surface area contributed by atoms with E-state index in [-0.39, 0.29) is 11.8 Å². The SMILES string of the molecule is CN(C(=O)CN1CCC(C(O)c2ccccc2)CC1)c1nccs1. The molecule has 1 aliphatic rings. The van der Waals surface area contributed by atoms with Gasteiger partial charge in [-0.05, 0) is 37.4 Å². The summed E-state index contributed by atoms with van der Waals surface area (Å²) >= 11 is 1.47. The number of aromatic nitrogens is 1. The molecule has 1 N–H and O–H groups in total. The average Bonchev–Trinajstić information content (AvgIpc) is 3.16. The van der Waals surface area contributed by atoms with E-state index in [9.17, 15) is 9.90 Å². The number of amides is 1. The molecule has 1 atom stereocenters. The number of likely N-dealkylation sites (tertiary alicyclic amines) is 1. The number of benzene rings is 1. The number of carbonyl (C=O) groups excluding carboxylic acids is 1. The molecule has 1 unspecified atom stereocenters. The highest BCUT2D eigenvalue weighted by Crippen LogP contribution is 2.30. The van der Waals surface area contributed by atoms with Crippen LogP contribution >= 0.6 is 11.3 Å². The van der Waals surface area contributed by atoms with E-state index in [0.29, 0.717) is 6.54 Å². The van der Waals surface area contributed by atoms with Crippen LogP contribution in [-0.2, 0) is 4.79 Å². The first kappa shape index (κ1) is 17.1. The van der Waals surface area contributed by atoms with Crippen molar-refractivity contribution in [3.63, 3.8) is 0 Å². The molecule has 0 bridgehead atoms. The second kappa shape index (κ2) is 7.88. The number of nitrogens with zero attached hydrogens (tertiary/aromatic N) is 3. The molecular formula is C18H23N3O2S. The minimum absolute atomic E-state index is 0.0620. The van der Waals surface area contributed by atoms with Crippen LogP contribution in [0.25, 0.3) is 0 Å².